The number of rotatable bonds is 7. The number of nitrogens with one attached hydrogen (secondary N) is 1. The van der Waals surface area contributed by atoms with Crippen molar-refractivity contribution in [1.29, 1.82) is 0 Å². The molecule has 3 aromatic rings. The van der Waals surface area contributed by atoms with Crippen LogP contribution in [0.2, 0.25) is 0 Å². The lowest BCUT2D eigenvalue weighted by atomic mass is 10.2. The molecule has 0 unspecified atom stereocenters. The highest BCUT2D eigenvalue weighted by Crippen LogP contribution is 2.32. The van der Waals surface area contributed by atoms with Crippen LogP contribution >= 0.6 is 23.1 Å². The summed E-state index contributed by atoms with van der Waals surface area (Å²) in [6, 6.07) is 11.0. The Hall–Kier alpha value is -1.77. The van der Waals surface area contributed by atoms with E-state index in [1.807, 2.05) is 40.6 Å². The van der Waals surface area contributed by atoms with Crippen LogP contribution in [-0.4, -0.2) is 24.5 Å². The Kier molecular flexibility index (Phi) is 5.51. The quantitative estimate of drug-likeness (QED) is 0.598. The molecule has 25 heavy (non-hydrogen) atoms. The number of hydrogen-bond donors (Lipinski definition) is 1. The summed E-state index contributed by atoms with van der Waals surface area (Å²) in [5.74, 6) is 0. The average Bonchev–Trinajstić information content (AvgIpc) is 3.24. The summed E-state index contributed by atoms with van der Waals surface area (Å²) in [5, 5.41) is 6.16. The highest BCUT2D eigenvalue weighted by atomic mass is 32.2. The number of nitrogens with zero attached hydrogens (tertiary/aromatic N) is 2. The maximum atomic E-state index is 12.7. The van der Waals surface area contributed by atoms with Crippen LogP contribution in [0.3, 0.4) is 0 Å². The summed E-state index contributed by atoms with van der Waals surface area (Å²) in [7, 11) is -3.62. The lowest BCUT2D eigenvalue weighted by Gasteiger charge is -2.09. The van der Waals surface area contributed by atoms with Crippen molar-refractivity contribution < 1.29 is 8.42 Å². The maximum Gasteiger partial charge on any atom is 0.271 e. The molecule has 0 bridgehead atoms. The molecular weight excluding hydrogens is 374 g/mol. The van der Waals surface area contributed by atoms with Gasteiger partial charge < -0.3 is 0 Å². The SMILES string of the molecule is CCCn1nccc1-c1csc(S(=O)(=O)Nc2ccccc2SC)c1. The topological polar surface area (TPSA) is 64.0 Å². The molecule has 0 spiro atoms. The van der Waals surface area contributed by atoms with Gasteiger partial charge in [0.2, 0.25) is 0 Å². The third kappa shape index (κ3) is 3.91. The summed E-state index contributed by atoms with van der Waals surface area (Å²) in [6.45, 7) is 2.89. The highest BCUT2D eigenvalue weighted by Gasteiger charge is 2.19. The molecule has 0 fully saturated rings. The average molecular weight is 394 g/mol. The van der Waals surface area contributed by atoms with Crippen molar-refractivity contribution in [2.45, 2.75) is 29.0 Å². The fraction of sp³-hybridized carbons (Fsp3) is 0.235. The van der Waals surface area contributed by atoms with Gasteiger partial charge in [-0.1, -0.05) is 19.1 Å². The predicted octanol–water partition coefficient (Wildman–Crippen LogP) is 4.54. The molecule has 2 aromatic heterocycles. The monoisotopic (exact) mass is 393 g/mol. The summed E-state index contributed by atoms with van der Waals surface area (Å²) in [4.78, 5) is 0.892. The van der Waals surface area contributed by atoms with E-state index in [4.69, 9.17) is 0 Å². The van der Waals surface area contributed by atoms with Gasteiger partial charge in [0.15, 0.2) is 0 Å². The number of hydrogen-bond acceptors (Lipinski definition) is 5. The van der Waals surface area contributed by atoms with Gasteiger partial charge in [-0.2, -0.15) is 5.10 Å². The Bertz CT molecular complexity index is 961. The van der Waals surface area contributed by atoms with Crippen LogP contribution in [0, 0.1) is 0 Å². The first kappa shape index (κ1) is 18.0. The lowest BCUT2D eigenvalue weighted by molar-refractivity contribution is 0.602. The third-order valence-corrected chi connectivity index (χ3v) is 7.24. The highest BCUT2D eigenvalue weighted by molar-refractivity contribution is 7.99. The molecule has 1 N–H and O–H groups in total. The number of thiophene rings is 1. The lowest BCUT2D eigenvalue weighted by Crippen LogP contribution is -2.12. The number of aromatic nitrogens is 2. The first-order chi connectivity index (χ1) is 12.0. The van der Waals surface area contributed by atoms with Crippen molar-refractivity contribution in [2.24, 2.45) is 0 Å². The van der Waals surface area contributed by atoms with E-state index in [1.165, 1.54) is 23.1 Å². The number of para-hydroxylation sites is 1. The van der Waals surface area contributed by atoms with Crippen molar-refractivity contribution in [3.63, 3.8) is 0 Å². The second kappa shape index (κ2) is 7.63. The first-order valence-electron chi connectivity index (χ1n) is 7.81. The zero-order valence-corrected chi connectivity index (χ0v) is 16.4. The van der Waals surface area contributed by atoms with Crippen LogP contribution in [0.25, 0.3) is 11.3 Å². The third-order valence-electron chi connectivity index (χ3n) is 3.64. The maximum absolute atomic E-state index is 12.7. The predicted molar refractivity (Wildman–Crippen MR) is 105 cm³/mol. The molecular formula is C17H19N3O2S3. The van der Waals surface area contributed by atoms with Gasteiger partial charge in [0, 0.05) is 28.6 Å². The van der Waals surface area contributed by atoms with Crippen LogP contribution in [0.1, 0.15) is 13.3 Å². The van der Waals surface area contributed by atoms with E-state index in [9.17, 15) is 8.42 Å². The smallest absolute Gasteiger partial charge is 0.271 e. The molecule has 0 aliphatic rings. The number of anilines is 1. The van der Waals surface area contributed by atoms with E-state index >= 15 is 0 Å². The molecule has 0 atom stereocenters. The summed E-state index contributed by atoms with van der Waals surface area (Å²) in [6.07, 6.45) is 4.63. The number of benzene rings is 1. The van der Waals surface area contributed by atoms with Gasteiger partial charge in [-0.05, 0) is 36.9 Å². The zero-order chi connectivity index (χ0) is 17.9. The van der Waals surface area contributed by atoms with Gasteiger partial charge in [0.05, 0.1) is 11.4 Å². The molecule has 0 saturated carbocycles. The minimum atomic E-state index is -3.62. The van der Waals surface area contributed by atoms with E-state index in [-0.39, 0.29) is 0 Å². The molecule has 2 heterocycles. The Morgan fingerprint density at radius 2 is 2.08 bits per heavy atom. The fourth-order valence-corrected chi connectivity index (χ4v) is 5.36. The Labute approximate surface area is 156 Å². The van der Waals surface area contributed by atoms with Crippen LogP contribution in [-0.2, 0) is 16.6 Å². The van der Waals surface area contributed by atoms with Crippen molar-refractivity contribution in [2.75, 3.05) is 11.0 Å². The van der Waals surface area contributed by atoms with Crippen molar-refractivity contribution >= 4 is 38.8 Å². The largest absolute Gasteiger partial charge is 0.278 e. The zero-order valence-electron chi connectivity index (χ0n) is 14.0. The van der Waals surface area contributed by atoms with E-state index in [0.717, 1.165) is 29.1 Å². The van der Waals surface area contributed by atoms with E-state index in [0.29, 0.717) is 9.90 Å². The molecule has 3 rings (SSSR count). The summed E-state index contributed by atoms with van der Waals surface area (Å²) < 4.78 is 30.3. The van der Waals surface area contributed by atoms with Crippen LogP contribution < -0.4 is 4.72 Å². The molecule has 132 valence electrons. The normalized spacial score (nSPS) is 11.6. The fourth-order valence-electron chi connectivity index (χ4n) is 2.48. The Morgan fingerprint density at radius 1 is 1.28 bits per heavy atom. The molecule has 0 saturated heterocycles. The first-order valence-corrected chi connectivity index (χ1v) is 11.4. The standard InChI is InChI=1S/C17H19N3O2S3/c1-3-10-20-15(8-9-18-20)13-11-17(24-12-13)25(21,22)19-14-6-4-5-7-16(14)23-2/h4-9,11-12,19H,3,10H2,1-2H3. The van der Waals surface area contributed by atoms with E-state index in [1.54, 1.807) is 18.3 Å². The summed E-state index contributed by atoms with van der Waals surface area (Å²) >= 11 is 2.72. The van der Waals surface area contributed by atoms with E-state index in [2.05, 4.69) is 16.7 Å². The number of aryl methyl sites for hydroxylation is 1. The van der Waals surface area contributed by atoms with Crippen LogP contribution in [0.15, 0.2) is 57.1 Å². The van der Waals surface area contributed by atoms with Gasteiger partial charge >= 0.3 is 0 Å². The second-order valence-corrected chi connectivity index (χ2v) is 9.07. The minimum absolute atomic E-state index is 0.294. The van der Waals surface area contributed by atoms with Gasteiger partial charge in [0.1, 0.15) is 4.21 Å². The molecule has 1 aromatic carbocycles. The molecule has 5 nitrogen and oxygen atoms in total. The Balaban J connectivity index is 1.89. The molecule has 8 heteroatoms. The van der Waals surface area contributed by atoms with Crippen LogP contribution in [0.5, 0.6) is 0 Å². The Morgan fingerprint density at radius 3 is 2.84 bits per heavy atom. The van der Waals surface area contributed by atoms with Crippen molar-refractivity contribution in [1.82, 2.24) is 9.78 Å². The van der Waals surface area contributed by atoms with Crippen molar-refractivity contribution in [3.8, 4) is 11.3 Å². The molecule has 0 radical (unpaired) electrons. The number of sulfonamides is 1. The molecule has 0 aliphatic carbocycles. The van der Waals surface area contributed by atoms with Gasteiger partial charge in [-0.15, -0.1) is 23.1 Å². The minimum Gasteiger partial charge on any atom is -0.278 e. The van der Waals surface area contributed by atoms with E-state index < -0.39 is 10.0 Å². The molecule has 0 aliphatic heterocycles. The van der Waals surface area contributed by atoms with Gasteiger partial charge in [-0.25, -0.2) is 8.42 Å². The molecule has 0 amide bonds. The van der Waals surface area contributed by atoms with Gasteiger partial charge in [-0.3, -0.25) is 9.40 Å². The van der Waals surface area contributed by atoms with Crippen LogP contribution in [0.4, 0.5) is 5.69 Å². The van der Waals surface area contributed by atoms with Gasteiger partial charge in [0.25, 0.3) is 10.0 Å². The number of thioether (sulfide) groups is 1. The summed E-state index contributed by atoms with van der Waals surface area (Å²) in [5.41, 5.74) is 2.40. The van der Waals surface area contributed by atoms with Crippen molar-refractivity contribution in [3.05, 3.63) is 48.0 Å². The second-order valence-electron chi connectivity index (χ2n) is 5.40.